The van der Waals surface area contributed by atoms with Crippen molar-refractivity contribution >= 4 is 0 Å². The predicted octanol–water partition coefficient (Wildman–Crippen LogP) is 1.62. The topological polar surface area (TPSA) is 13.1 Å². The maximum absolute atomic E-state index is 4.81. The lowest BCUT2D eigenvalue weighted by atomic mass is 10.5. The largest absolute Gasteiger partial charge is 0.464 e. The van der Waals surface area contributed by atoms with Gasteiger partial charge in [0.15, 0.2) is 0 Å². The van der Waals surface area contributed by atoms with Gasteiger partial charge in [-0.2, -0.15) is 0 Å². The minimum Gasteiger partial charge on any atom is -0.464 e. The van der Waals surface area contributed by atoms with Crippen molar-refractivity contribution in [1.29, 1.82) is 0 Å². The van der Waals surface area contributed by atoms with E-state index in [2.05, 4.69) is 12.7 Å². The van der Waals surface area contributed by atoms with Crippen molar-refractivity contribution in [2.75, 3.05) is 0 Å². The van der Waals surface area contributed by atoms with Crippen molar-refractivity contribution in [3.8, 4) is 0 Å². The van der Waals surface area contributed by atoms with Crippen LogP contribution in [0.4, 0.5) is 0 Å². The summed E-state index contributed by atoms with van der Waals surface area (Å²) in [4.78, 5) is 0. The highest BCUT2D eigenvalue weighted by Gasteiger charge is 1.81. The molecule has 1 aromatic heterocycles. The van der Waals surface area contributed by atoms with Gasteiger partial charge in [-0.15, -0.1) is 0 Å². The average molecular weight is 93.1 g/mol. The Kier molecular flexibility index (Phi) is 0.984. The van der Waals surface area contributed by atoms with E-state index in [1.807, 2.05) is 0 Å². The Morgan fingerprint density at radius 3 is 2.86 bits per heavy atom. The summed E-state index contributed by atoms with van der Waals surface area (Å²) in [7, 11) is 0. The van der Waals surface area contributed by atoms with Gasteiger partial charge in [0.25, 0.3) is 0 Å². The SMILES string of the molecule is C=[C]c1ccco1. The molecule has 0 atom stereocenters. The highest BCUT2D eigenvalue weighted by molar-refractivity contribution is 5.04. The van der Waals surface area contributed by atoms with Crippen LogP contribution >= 0.6 is 0 Å². The van der Waals surface area contributed by atoms with Crippen molar-refractivity contribution in [2.24, 2.45) is 0 Å². The molecule has 0 unspecified atom stereocenters. The maximum atomic E-state index is 4.81. The van der Waals surface area contributed by atoms with Crippen LogP contribution in [0.25, 0.3) is 0 Å². The highest BCUT2D eigenvalue weighted by atomic mass is 16.3. The zero-order chi connectivity index (χ0) is 5.11. The molecule has 0 saturated heterocycles. The zero-order valence-electron chi connectivity index (χ0n) is 3.85. The van der Waals surface area contributed by atoms with Gasteiger partial charge >= 0.3 is 0 Å². The molecular weight excluding hydrogens is 88.1 g/mol. The van der Waals surface area contributed by atoms with Crippen LogP contribution in [-0.4, -0.2) is 0 Å². The summed E-state index contributed by atoms with van der Waals surface area (Å²) in [6.07, 6.45) is 4.18. The van der Waals surface area contributed by atoms with Crippen LogP contribution in [0.2, 0.25) is 0 Å². The molecule has 0 N–H and O–H groups in total. The van der Waals surface area contributed by atoms with E-state index >= 15 is 0 Å². The molecule has 1 rings (SSSR count). The second-order valence-electron chi connectivity index (χ2n) is 1.15. The van der Waals surface area contributed by atoms with E-state index in [1.165, 1.54) is 0 Å². The van der Waals surface area contributed by atoms with Gasteiger partial charge in [0.05, 0.1) is 6.26 Å². The van der Waals surface area contributed by atoms with E-state index < -0.39 is 0 Å². The van der Waals surface area contributed by atoms with Gasteiger partial charge in [0.2, 0.25) is 0 Å². The van der Waals surface area contributed by atoms with Crippen molar-refractivity contribution in [1.82, 2.24) is 0 Å². The Balaban J connectivity index is 2.96. The Hall–Kier alpha value is -0.980. The Bertz CT molecular complexity index is 139. The molecule has 1 radical (unpaired) electrons. The third-order valence-electron chi connectivity index (χ3n) is 0.695. The van der Waals surface area contributed by atoms with Gasteiger partial charge in [0, 0.05) is 6.08 Å². The molecule has 0 fully saturated rings. The Labute approximate surface area is 42.3 Å². The summed E-state index contributed by atoms with van der Waals surface area (Å²) in [5, 5.41) is 0. The molecule has 0 amide bonds. The molecule has 7 heavy (non-hydrogen) atoms. The fourth-order valence-electron chi connectivity index (χ4n) is 0.379. The number of hydrogen-bond donors (Lipinski definition) is 0. The molecule has 0 aromatic carbocycles. The normalized spacial score (nSPS) is 8.57. The lowest BCUT2D eigenvalue weighted by molar-refractivity contribution is 0.546. The minimum atomic E-state index is 0.694. The van der Waals surface area contributed by atoms with E-state index in [4.69, 9.17) is 4.42 Å². The number of hydrogen-bond acceptors (Lipinski definition) is 1. The standard InChI is InChI=1S/C6H5O/c1-2-6-4-3-5-7-6/h3-5H,1H2. The first-order valence-corrected chi connectivity index (χ1v) is 2.00. The molecular formula is C6H5O. The lowest BCUT2D eigenvalue weighted by Gasteiger charge is -1.72. The van der Waals surface area contributed by atoms with Crippen molar-refractivity contribution < 1.29 is 4.42 Å². The predicted molar refractivity (Wildman–Crippen MR) is 26.7 cm³/mol. The highest BCUT2D eigenvalue weighted by Crippen LogP contribution is 1.96. The molecule has 0 spiro atoms. The minimum absolute atomic E-state index is 0.694. The number of rotatable bonds is 1. The van der Waals surface area contributed by atoms with E-state index in [9.17, 15) is 0 Å². The third kappa shape index (κ3) is 0.712. The van der Waals surface area contributed by atoms with Gasteiger partial charge < -0.3 is 4.42 Å². The summed E-state index contributed by atoms with van der Waals surface area (Å²) >= 11 is 0. The van der Waals surface area contributed by atoms with Gasteiger partial charge in [-0.1, -0.05) is 6.58 Å². The monoisotopic (exact) mass is 93.0 g/mol. The van der Waals surface area contributed by atoms with Crippen molar-refractivity contribution in [3.63, 3.8) is 0 Å². The third-order valence-corrected chi connectivity index (χ3v) is 0.695. The summed E-state index contributed by atoms with van der Waals surface area (Å²) < 4.78 is 4.81. The molecule has 1 heterocycles. The van der Waals surface area contributed by atoms with Crippen LogP contribution in [0.15, 0.2) is 29.4 Å². The van der Waals surface area contributed by atoms with Gasteiger partial charge in [-0.25, -0.2) is 0 Å². The van der Waals surface area contributed by atoms with Gasteiger partial charge in [0.1, 0.15) is 5.76 Å². The van der Waals surface area contributed by atoms with Crippen molar-refractivity contribution in [3.05, 3.63) is 36.8 Å². The molecule has 0 bridgehead atoms. The average Bonchev–Trinajstić information content (AvgIpc) is 2.14. The quantitative estimate of drug-likeness (QED) is 0.514. The Morgan fingerprint density at radius 1 is 1.71 bits per heavy atom. The molecule has 0 saturated carbocycles. The van der Waals surface area contributed by atoms with E-state index in [-0.39, 0.29) is 0 Å². The molecule has 1 nitrogen and oxygen atoms in total. The summed E-state index contributed by atoms with van der Waals surface area (Å²) in [6, 6.07) is 3.60. The van der Waals surface area contributed by atoms with Crippen LogP contribution in [0, 0.1) is 6.08 Å². The fraction of sp³-hybridized carbons (Fsp3) is 0. The lowest BCUT2D eigenvalue weighted by Crippen LogP contribution is -1.54. The van der Waals surface area contributed by atoms with Crippen molar-refractivity contribution in [2.45, 2.75) is 0 Å². The van der Waals surface area contributed by atoms with Crippen LogP contribution in [0.3, 0.4) is 0 Å². The van der Waals surface area contributed by atoms with Crippen LogP contribution in [0.5, 0.6) is 0 Å². The van der Waals surface area contributed by atoms with E-state index in [0.717, 1.165) is 0 Å². The summed E-state index contributed by atoms with van der Waals surface area (Å²) in [5.74, 6) is 0.694. The first-order chi connectivity index (χ1) is 3.43. The fourth-order valence-corrected chi connectivity index (χ4v) is 0.379. The second-order valence-corrected chi connectivity index (χ2v) is 1.15. The first-order valence-electron chi connectivity index (χ1n) is 2.00. The first kappa shape index (κ1) is 4.19. The molecule has 0 aliphatic carbocycles. The zero-order valence-corrected chi connectivity index (χ0v) is 3.85. The van der Waals surface area contributed by atoms with E-state index in [1.54, 1.807) is 18.4 Å². The molecule has 0 aliphatic rings. The maximum Gasteiger partial charge on any atom is 0.133 e. The van der Waals surface area contributed by atoms with Crippen LogP contribution in [0.1, 0.15) is 5.76 Å². The van der Waals surface area contributed by atoms with Gasteiger partial charge in [-0.05, 0) is 12.1 Å². The van der Waals surface area contributed by atoms with Crippen LogP contribution in [-0.2, 0) is 0 Å². The van der Waals surface area contributed by atoms with Gasteiger partial charge in [-0.3, -0.25) is 0 Å². The molecule has 1 aromatic rings. The Morgan fingerprint density at radius 2 is 2.57 bits per heavy atom. The number of furan rings is 1. The summed E-state index contributed by atoms with van der Waals surface area (Å²) in [5.41, 5.74) is 0. The smallest absolute Gasteiger partial charge is 0.133 e. The van der Waals surface area contributed by atoms with Crippen LogP contribution < -0.4 is 0 Å². The molecule has 1 heteroatoms. The molecule has 35 valence electrons. The molecule has 0 aliphatic heterocycles. The second kappa shape index (κ2) is 1.65. The summed E-state index contributed by atoms with van der Waals surface area (Å²) in [6.45, 7) is 3.38. The van der Waals surface area contributed by atoms with E-state index in [0.29, 0.717) is 5.76 Å².